The summed E-state index contributed by atoms with van der Waals surface area (Å²) in [5.41, 5.74) is 1.14. The van der Waals surface area contributed by atoms with E-state index < -0.39 is 0 Å². The normalized spacial score (nSPS) is 12.1. The Morgan fingerprint density at radius 1 is 1.25 bits per heavy atom. The van der Waals surface area contributed by atoms with Crippen molar-refractivity contribution in [3.05, 3.63) is 48.4 Å². The lowest BCUT2D eigenvalue weighted by Gasteiger charge is -2.14. The maximum absolute atomic E-state index is 9.12. The average Bonchev–Trinajstić information content (AvgIpc) is 2.51. The molecule has 0 spiro atoms. The molecule has 1 aromatic carbocycles. The second kappa shape index (κ2) is 7.57. The summed E-state index contributed by atoms with van der Waals surface area (Å²) in [5, 5.41) is 12.4. The highest BCUT2D eigenvalue weighted by Crippen LogP contribution is 2.18. The molecule has 0 aliphatic heterocycles. The molecule has 1 aromatic heterocycles. The van der Waals surface area contributed by atoms with E-state index in [1.54, 1.807) is 18.6 Å². The van der Waals surface area contributed by atoms with Gasteiger partial charge in [0.15, 0.2) is 0 Å². The van der Waals surface area contributed by atoms with Crippen LogP contribution in [0.15, 0.2) is 42.9 Å². The van der Waals surface area contributed by atoms with Crippen LogP contribution >= 0.6 is 0 Å². The molecule has 5 heteroatoms. The van der Waals surface area contributed by atoms with Gasteiger partial charge in [0.1, 0.15) is 5.75 Å². The Labute approximate surface area is 118 Å². The number of hydrogen-bond donors (Lipinski definition) is 2. The summed E-state index contributed by atoms with van der Waals surface area (Å²) in [6, 6.07) is 7.91. The van der Waals surface area contributed by atoms with Crippen LogP contribution < -0.4 is 10.1 Å². The van der Waals surface area contributed by atoms with Gasteiger partial charge in [-0.3, -0.25) is 4.98 Å². The first-order valence-electron chi connectivity index (χ1n) is 6.69. The fourth-order valence-corrected chi connectivity index (χ4v) is 1.73. The number of hydrogen-bond acceptors (Lipinski definition) is 5. The number of ether oxygens (including phenoxy) is 1. The Bertz CT molecular complexity index is 498. The van der Waals surface area contributed by atoms with Gasteiger partial charge >= 0.3 is 0 Å². The van der Waals surface area contributed by atoms with E-state index in [9.17, 15) is 0 Å². The average molecular weight is 273 g/mol. The van der Waals surface area contributed by atoms with Crippen LogP contribution in [-0.4, -0.2) is 27.7 Å². The second-order valence-corrected chi connectivity index (χ2v) is 4.46. The molecule has 1 atom stereocenters. The third-order valence-electron chi connectivity index (χ3n) is 2.99. The standard InChI is InChI=1S/C15H19N3O2/c1-2-13(11-19)18-9-12-3-5-14(6-4-12)20-15-10-16-7-8-17-15/h3-8,10,13,18-19H,2,9,11H2,1H3. The van der Waals surface area contributed by atoms with Crippen molar-refractivity contribution in [1.82, 2.24) is 15.3 Å². The van der Waals surface area contributed by atoms with Gasteiger partial charge in [-0.25, -0.2) is 4.98 Å². The van der Waals surface area contributed by atoms with Crippen LogP contribution in [0.25, 0.3) is 0 Å². The van der Waals surface area contributed by atoms with Crippen molar-refractivity contribution >= 4 is 0 Å². The zero-order valence-corrected chi connectivity index (χ0v) is 11.5. The number of nitrogens with zero attached hydrogens (tertiary/aromatic N) is 2. The number of nitrogens with one attached hydrogen (secondary N) is 1. The van der Waals surface area contributed by atoms with E-state index in [4.69, 9.17) is 9.84 Å². The van der Waals surface area contributed by atoms with E-state index in [0.29, 0.717) is 5.88 Å². The summed E-state index contributed by atoms with van der Waals surface area (Å²) in [4.78, 5) is 8.00. The third-order valence-corrected chi connectivity index (χ3v) is 2.99. The zero-order chi connectivity index (χ0) is 14.2. The predicted molar refractivity (Wildman–Crippen MR) is 76.6 cm³/mol. The molecule has 0 radical (unpaired) electrons. The Hall–Kier alpha value is -1.98. The molecule has 1 unspecified atom stereocenters. The number of aliphatic hydroxyl groups excluding tert-OH is 1. The molecule has 0 saturated carbocycles. The second-order valence-electron chi connectivity index (χ2n) is 4.46. The summed E-state index contributed by atoms with van der Waals surface area (Å²) in [6.07, 6.45) is 5.67. The molecule has 0 fully saturated rings. The van der Waals surface area contributed by atoms with E-state index in [-0.39, 0.29) is 12.6 Å². The minimum absolute atomic E-state index is 0.144. The lowest BCUT2D eigenvalue weighted by molar-refractivity contribution is 0.238. The van der Waals surface area contributed by atoms with Crippen molar-refractivity contribution in [2.45, 2.75) is 25.9 Å². The van der Waals surface area contributed by atoms with Crippen molar-refractivity contribution < 1.29 is 9.84 Å². The van der Waals surface area contributed by atoms with Gasteiger partial charge in [-0.05, 0) is 24.1 Å². The predicted octanol–water partition coefficient (Wildman–Crippen LogP) is 2.13. The molecule has 2 rings (SSSR count). The van der Waals surface area contributed by atoms with E-state index in [1.165, 1.54) is 0 Å². The maximum atomic E-state index is 9.12. The van der Waals surface area contributed by atoms with Gasteiger partial charge in [-0.15, -0.1) is 0 Å². The highest BCUT2D eigenvalue weighted by Gasteiger charge is 2.04. The monoisotopic (exact) mass is 273 g/mol. The molecule has 2 aromatic rings. The first-order valence-corrected chi connectivity index (χ1v) is 6.69. The Morgan fingerprint density at radius 2 is 2.05 bits per heavy atom. The number of rotatable bonds is 7. The maximum Gasteiger partial charge on any atom is 0.237 e. The molecule has 0 saturated heterocycles. The van der Waals surface area contributed by atoms with E-state index in [0.717, 1.165) is 24.3 Å². The summed E-state index contributed by atoms with van der Waals surface area (Å²) in [5.74, 6) is 1.20. The van der Waals surface area contributed by atoms with Crippen LogP contribution in [0.4, 0.5) is 0 Å². The van der Waals surface area contributed by atoms with Crippen LogP contribution in [-0.2, 0) is 6.54 Å². The van der Waals surface area contributed by atoms with Gasteiger partial charge in [0.05, 0.1) is 12.8 Å². The van der Waals surface area contributed by atoms with Gasteiger partial charge in [-0.2, -0.15) is 0 Å². The lowest BCUT2D eigenvalue weighted by atomic mass is 10.2. The summed E-state index contributed by atoms with van der Waals surface area (Å²) in [6.45, 7) is 2.93. The van der Waals surface area contributed by atoms with E-state index in [1.807, 2.05) is 31.2 Å². The Kier molecular flexibility index (Phi) is 5.46. The van der Waals surface area contributed by atoms with Gasteiger partial charge in [-0.1, -0.05) is 19.1 Å². The van der Waals surface area contributed by atoms with Gasteiger partial charge in [0, 0.05) is 25.0 Å². The molecule has 0 aliphatic carbocycles. The van der Waals surface area contributed by atoms with Gasteiger partial charge < -0.3 is 15.2 Å². The molecule has 20 heavy (non-hydrogen) atoms. The highest BCUT2D eigenvalue weighted by molar-refractivity contribution is 5.29. The minimum atomic E-state index is 0.144. The van der Waals surface area contributed by atoms with Gasteiger partial charge in [0.2, 0.25) is 5.88 Å². The zero-order valence-electron chi connectivity index (χ0n) is 11.5. The van der Waals surface area contributed by atoms with Gasteiger partial charge in [0.25, 0.3) is 0 Å². The largest absolute Gasteiger partial charge is 0.438 e. The molecular formula is C15H19N3O2. The van der Waals surface area contributed by atoms with Crippen molar-refractivity contribution in [3.8, 4) is 11.6 Å². The van der Waals surface area contributed by atoms with Crippen LogP contribution in [0.5, 0.6) is 11.6 Å². The van der Waals surface area contributed by atoms with Crippen LogP contribution in [0.2, 0.25) is 0 Å². The van der Waals surface area contributed by atoms with Crippen LogP contribution in [0.1, 0.15) is 18.9 Å². The molecular weight excluding hydrogens is 254 g/mol. The fourth-order valence-electron chi connectivity index (χ4n) is 1.73. The molecule has 5 nitrogen and oxygen atoms in total. The number of aromatic nitrogens is 2. The molecule has 0 aliphatic rings. The van der Waals surface area contributed by atoms with Crippen molar-refractivity contribution in [1.29, 1.82) is 0 Å². The van der Waals surface area contributed by atoms with Crippen molar-refractivity contribution in [2.24, 2.45) is 0 Å². The summed E-state index contributed by atoms with van der Waals surface area (Å²) in [7, 11) is 0. The quantitative estimate of drug-likeness (QED) is 0.809. The summed E-state index contributed by atoms with van der Waals surface area (Å²) >= 11 is 0. The SMILES string of the molecule is CCC(CO)NCc1ccc(Oc2cnccn2)cc1. The van der Waals surface area contributed by atoms with Crippen molar-refractivity contribution in [3.63, 3.8) is 0 Å². The fraction of sp³-hybridized carbons (Fsp3) is 0.333. The summed E-state index contributed by atoms with van der Waals surface area (Å²) < 4.78 is 5.57. The topological polar surface area (TPSA) is 67.3 Å². The Balaban J connectivity index is 1.90. The minimum Gasteiger partial charge on any atom is -0.438 e. The van der Waals surface area contributed by atoms with Crippen LogP contribution in [0.3, 0.4) is 0 Å². The van der Waals surface area contributed by atoms with Crippen LogP contribution in [0, 0.1) is 0 Å². The highest BCUT2D eigenvalue weighted by atomic mass is 16.5. The molecule has 106 valence electrons. The molecule has 2 N–H and O–H groups in total. The van der Waals surface area contributed by atoms with E-state index in [2.05, 4.69) is 15.3 Å². The molecule has 0 amide bonds. The third kappa shape index (κ3) is 4.29. The number of aliphatic hydroxyl groups is 1. The lowest BCUT2D eigenvalue weighted by Crippen LogP contribution is -2.31. The van der Waals surface area contributed by atoms with Crippen molar-refractivity contribution in [2.75, 3.05) is 6.61 Å². The molecule has 0 bridgehead atoms. The van der Waals surface area contributed by atoms with E-state index >= 15 is 0 Å². The Morgan fingerprint density at radius 3 is 2.65 bits per heavy atom. The molecule has 1 heterocycles. The first kappa shape index (κ1) is 14.4. The number of benzene rings is 1. The first-order chi connectivity index (χ1) is 9.81. The smallest absolute Gasteiger partial charge is 0.237 e.